The maximum Gasteiger partial charge on any atom is 0.155 e. The van der Waals surface area contributed by atoms with Crippen LogP contribution in [0.15, 0.2) is 0 Å². The van der Waals surface area contributed by atoms with E-state index in [1.165, 1.54) is 0 Å². The van der Waals surface area contributed by atoms with Gasteiger partial charge in [-0.2, -0.15) is 0 Å². The van der Waals surface area contributed by atoms with Crippen LogP contribution in [0.4, 0.5) is 0 Å². The normalized spacial score (nSPS) is 12.3. The Balaban J connectivity index is 0. The van der Waals surface area contributed by atoms with Crippen LogP contribution >= 0.6 is 0 Å². The van der Waals surface area contributed by atoms with Crippen LogP contribution in [0, 0.1) is 0 Å². The second kappa shape index (κ2) is 7.00. The number of rotatable bonds is 6. The SMILES string of the molecule is CCCCS(=O)(=O)CC[N+](C)(C)C.[I-]. The number of hydrogen-bond donors (Lipinski definition) is 0. The van der Waals surface area contributed by atoms with Gasteiger partial charge in [0, 0.05) is 0 Å². The van der Waals surface area contributed by atoms with Crippen LogP contribution in [0.5, 0.6) is 0 Å². The first-order chi connectivity index (χ1) is 5.77. The molecule has 0 saturated carbocycles. The molecule has 0 aromatic carbocycles. The van der Waals surface area contributed by atoms with Gasteiger partial charge in [-0.3, -0.25) is 0 Å². The van der Waals surface area contributed by atoms with Gasteiger partial charge >= 0.3 is 0 Å². The molecule has 0 amide bonds. The van der Waals surface area contributed by atoms with Crippen LogP contribution in [0.2, 0.25) is 0 Å². The molecule has 5 heteroatoms. The molecule has 0 rings (SSSR count). The zero-order chi connectivity index (χ0) is 10.5. The number of halogens is 1. The summed E-state index contributed by atoms with van der Waals surface area (Å²) >= 11 is 0. The maximum atomic E-state index is 11.4. The molecule has 0 aromatic heterocycles. The Morgan fingerprint density at radius 3 is 1.93 bits per heavy atom. The Morgan fingerprint density at radius 2 is 1.57 bits per heavy atom. The number of unbranched alkanes of at least 4 members (excludes halogenated alkanes) is 1. The minimum atomic E-state index is -2.79. The van der Waals surface area contributed by atoms with Crippen molar-refractivity contribution in [1.29, 1.82) is 0 Å². The lowest BCUT2D eigenvalue weighted by molar-refractivity contribution is -0.867. The molecular weight excluding hydrogens is 313 g/mol. The van der Waals surface area contributed by atoms with Gasteiger partial charge < -0.3 is 28.5 Å². The van der Waals surface area contributed by atoms with Crippen molar-refractivity contribution >= 4 is 9.84 Å². The molecule has 0 aromatic rings. The highest BCUT2D eigenvalue weighted by molar-refractivity contribution is 7.91. The first-order valence-corrected chi connectivity index (χ1v) is 6.60. The van der Waals surface area contributed by atoms with Gasteiger partial charge in [-0.05, 0) is 6.42 Å². The van der Waals surface area contributed by atoms with Crippen LogP contribution in [0.25, 0.3) is 0 Å². The number of hydrogen-bond acceptors (Lipinski definition) is 2. The van der Waals surface area contributed by atoms with Crippen molar-refractivity contribution in [2.24, 2.45) is 0 Å². The Morgan fingerprint density at radius 1 is 1.07 bits per heavy atom. The third-order valence-corrected chi connectivity index (χ3v) is 3.60. The molecule has 0 unspecified atom stereocenters. The van der Waals surface area contributed by atoms with Crippen molar-refractivity contribution in [3.8, 4) is 0 Å². The molecule has 0 heterocycles. The van der Waals surface area contributed by atoms with Crippen LogP contribution in [0.1, 0.15) is 19.8 Å². The zero-order valence-corrected chi connectivity index (χ0v) is 12.6. The average Bonchev–Trinajstić information content (AvgIpc) is 1.97. The van der Waals surface area contributed by atoms with E-state index in [1.807, 2.05) is 28.1 Å². The van der Waals surface area contributed by atoms with Crippen molar-refractivity contribution in [2.75, 3.05) is 39.2 Å². The predicted octanol–water partition coefficient (Wildman–Crippen LogP) is -2.09. The maximum absolute atomic E-state index is 11.4. The molecule has 88 valence electrons. The fourth-order valence-corrected chi connectivity index (χ4v) is 2.64. The monoisotopic (exact) mass is 335 g/mol. The highest BCUT2D eigenvalue weighted by Crippen LogP contribution is 1.99. The molecular formula is C9H22INO2S. The Kier molecular flexibility index (Phi) is 8.53. The molecule has 0 atom stereocenters. The summed E-state index contributed by atoms with van der Waals surface area (Å²) in [5.74, 6) is 0.667. The second-order valence-corrected chi connectivity index (χ2v) is 6.82. The molecule has 3 nitrogen and oxygen atoms in total. The van der Waals surface area contributed by atoms with Gasteiger partial charge in [-0.15, -0.1) is 0 Å². The summed E-state index contributed by atoms with van der Waals surface area (Å²) in [4.78, 5) is 0. The van der Waals surface area contributed by atoms with E-state index in [2.05, 4.69) is 0 Å². The Hall–Kier alpha value is 0.640. The molecule has 0 fully saturated rings. The molecule has 0 bridgehead atoms. The quantitative estimate of drug-likeness (QED) is 0.412. The van der Waals surface area contributed by atoms with E-state index < -0.39 is 9.84 Å². The molecule has 0 spiro atoms. The summed E-state index contributed by atoms with van der Waals surface area (Å²) in [6.07, 6.45) is 1.74. The molecule has 0 saturated heterocycles. The molecule has 0 N–H and O–H groups in total. The lowest BCUT2D eigenvalue weighted by Gasteiger charge is -2.23. The van der Waals surface area contributed by atoms with Gasteiger partial charge in [-0.1, -0.05) is 13.3 Å². The average molecular weight is 335 g/mol. The molecule has 0 aliphatic carbocycles. The van der Waals surface area contributed by atoms with Crippen molar-refractivity contribution < 1.29 is 36.9 Å². The minimum Gasteiger partial charge on any atom is -1.00 e. The van der Waals surface area contributed by atoms with E-state index in [0.717, 1.165) is 12.8 Å². The third-order valence-electron chi connectivity index (χ3n) is 1.88. The molecule has 0 aliphatic heterocycles. The molecule has 14 heavy (non-hydrogen) atoms. The lowest BCUT2D eigenvalue weighted by Crippen LogP contribution is -3.00. The topological polar surface area (TPSA) is 34.1 Å². The van der Waals surface area contributed by atoms with E-state index in [1.54, 1.807) is 0 Å². The fraction of sp³-hybridized carbons (Fsp3) is 1.00. The van der Waals surface area contributed by atoms with Gasteiger partial charge in [0.15, 0.2) is 9.84 Å². The van der Waals surface area contributed by atoms with E-state index in [4.69, 9.17) is 0 Å². The first kappa shape index (κ1) is 17.0. The van der Waals surface area contributed by atoms with E-state index in [0.29, 0.717) is 22.5 Å². The van der Waals surface area contributed by atoms with Gasteiger partial charge in [0.05, 0.1) is 39.2 Å². The summed E-state index contributed by atoms with van der Waals surface area (Å²) in [6.45, 7) is 2.71. The van der Waals surface area contributed by atoms with Crippen molar-refractivity contribution in [1.82, 2.24) is 0 Å². The standard InChI is InChI=1S/C9H22NO2S.HI/c1-5-6-8-13(11,12)9-7-10(2,3)4;/h5-9H2,1-4H3;1H/q+1;/p-1. The first-order valence-electron chi connectivity index (χ1n) is 4.78. The van der Waals surface area contributed by atoms with Gasteiger partial charge in [-0.25, -0.2) is 8.42 Å². The van der Waals surface area contributed by atoms with Crippen LogP contribution in [0.3, 0.4) is 0 Å². The predicted molar refractivity (Wildman–Crippen MR) is 56.5 cm³/mol. The molecule has 0 radical (unpaired) electrons. The number of quaternary nitrogens is 1. The third kappa shape index (κ3) is 10.7. The smallest absolute Gasteiger partial charge is 0.155 e. The zero-order valence-electron chi connectivity index (χ0n) is 9.59. The summed E-state index contributed by atoms with van der Waals surface area (Å²) in [7, 11) is 3.24. The van der Waals surface area contributed by atoms with E-state index in [9.17, 15) is 8.42 Å². The van der Waals surface area contributed by atoms with Crippen molar-refractivity contribution in [2.45, 2.75) is 19.8 Å². The highest BCUT2D eigenvalue weighted by atomic mass is 127. The summed E-state index contributed by atoms with van der Waals surface area (Å²) in [5, 5.41) is 0. The van der Waals surface area contributed by atoms with E-state index in [-0.39, 0.29) is 24.0 Å². The van der Waals surface area contributed by atoms with Crippen LogP contribution < -0.4 is 24.0 Å². The summed E-state index contributed by atoms with van der Waals surface area (Å²) in [6, 6.07) is 0. The second-order valence-electron chi connectivity index (χ2n) is 4.52. The summed E-state index contributed by atoms with van der Waals surface area (Å²) in [5.41, 5.74) is 0. The van der Waals surface area contributed by atoms with Gasteiger partial charge in [0.25, 0.3) is 0 Å². The number of nitrogens with zero attached hydrogens (tertiary/aromatic N) is 1. The Labute approximate surface area is 105 Å². The highest BCUT2D eigenvalue weighted by Gasteiger charge is 2.15. The summed E-state index contributed by atoms with van der Waals surface area (Å²) < 4.78 is 23.6. The van der Waals surface area contributed by atoms with Gasteiger partial charge in [0.1, 0.15) is 0 Å². The lowest BCUT2D eigenvalue weighted by atomic mass is 10.4. The number of sulfone groups is 1. The minimum absolute atomic E-state index is 0. The fourth-order valence-electron chi connectivity index (χ4n) is 0.879. The van der Waals surface area contributed by atoms with Gasteiger partial charge in [0.2, 0.25) is 0 Å². The Bertz CT molecular complexity index is 232. The molecule has 0 aliphatic rings. The van der Waals surface area contributed by atoms with Crippen molar-refractivity contribution in [3.63, 3.8) is 0 Å². The van der Waals surface area contributed by atoms with Crippen molar-refractivity contribution in [3.05, 3.63) is 0 Å². The van der Waals surface area contributed by atoms with E-state index >= 15 is 0 Å². The largest absolute Gasteiger partial charge is 1.00 e. The van der Waals surface area contributed by atoms with Crippen LogP contribution in [-0.4, -0.2) is 52.1 Å². The van der Waals surface area contributed by atoms with Crippen LogP contribution in [-0.2, 0) is 9.84 Å².